The molecule has 2 aromatic carbocycles. The number of aliphatic carboxylic acids is 1. The normalized spacial score (nSPS) is 12.2. The smallest absolute Gasteiger partial charge is 0.344 e. The van der Waals surface area contributed by atoms with Gasteiger partial charge in [-0.3, -0.25) is 4.79 Å². The number of unbranched alkanes of at least 4 members (excludes halogenated alkanes) is 1. The zero-order chi connectivity index (χ0) is 23.3. The minimum absolute atomic E-state index is 0.249. The number of ether oxygens (including phenoxy) is 2. The molecule has 0 unspecified atom stereocenters. The molecule has 0 aliphatic heterocycles. The van der Waals surface area contributed by atoms with Gasteiger partial charge in [-0.15, -0.1) is 0 Å². The van der Waals surface area contributed by atoms with E-state index in [9.17, 15) is 9.59 Å². The Morgan fingerprint density at radius 2 is 2.06 bits per heavy atom. The van der Waals surface area contributed by atoms with Crippen LogP contribution >= 0.6 is 15.9 Å². The number of rotatable bonds is 9. The molecule has 8 nitrogen and oxygen atoms in total. The lowest BCUT2D eigenvalue weighted by molar-refractivity contribution is -0.144. The predicted molar refractivity (Wildman–Crippen MR) is 126 cm³/mol. The summed E-state index contributed by atoms with van der Waals surface area (Å²) in [7, 11) is 1.47. The summed E-state index contributed by atoms with van der Waals surface area (Å²) in [5.41, 5.74) is 1.03. The molecule has 0 saturated heterocycles. The first-order chi connectivity index (χ1) is 15.3. The van der Waals surface area contributed by atoms with Crippen LogP contribution in [0.4, 0.5) is 0 Å². The van der Waals surface area contributed by atoms with Crippen LogP contribution in [0.5, 0.6) is 11.5 Å². The zero-order valence-corrected chi connectivity index (χ0v) is 19.6. The molecule has 1 N–H and O–H groups in total. The van der Waals surface area contributed by atoms with Crippen LogP contribution in [0.3, 0.4) is 0 Å². The van der Waals surface area contributed by atoms with Gasteiger partial charge in [-0.05, 0) is 55.3 Å². The van der Waals surface area contributed by atoms with Crippen LogP contribution < -0.4 is 15.0 Å². The zero-order valence-electron chi connectivity index (χ0n) is 18.0. The Hall–Kier alpha value is -3.20. The summed E-state index contributed by atoms with van der Waals surface area (Å²) >= 11 is 3.40. The van der Waals surface area contributed by atoms with E-state index in [0.29, 0.717) is 40.2 Å². The van der Waals surface area contributed by atoms with Crippen molar-refractivity contribution in [2.45, 2.75) is 39.2 Å². The number of halogens is 1. The van der Waals surface area contributed by atoms with Gasteiger partial charge in [0.25, 0.3) is 5.56 Å². The van der Waals surface area contributed by atoms with Gasteiger partial charge >= 0.3 is 5.97 Å². The molecular formula is C23H24BrN3O5. The Balaban J connectivity index is 2.00. The largest absolute Gasteiger partial charge is 0.493 e. The number of methoxy groups -OCH3 is 1. The molecule has 0 bridgehead atoms. The van der Waals surface area contributed by atoms with Crippen LogP contribution in [0.1, 0.15) is 38.1 Å². The van der Waals surface area contributed by atoms with Crippen LogP contribution in [0.25, 0.3) is 10.9 Å². The van der Waals surface area contributed by atoms with Crippen molar-refractivity contribution in [2.75, 3.05) is 7.11 Å². The van der Waals surface area contributed by atoms with E-state index in [0.717, 1.165) is 17.3 Å². The van der Waals surface area contributed by atoms with Crippen molar-refractivity contribution < 1.29 is 19.4 Å². The fraction of sp³-hybridized carbons (Fsp3) is 0.304. The third-order valence-electron chi connectivity index (χ3n) is 4.79. The number of benzene rings is 2. The average Bonchev–Trinajstić information content (AvgIpc) is 2.78. The van der Waals surface area contributed by atoms with Gasteiger partial charge in [-0.1, -0.05) is 29.3 Å². The highest BCUT2D eigenvalue weighted by Gasteiger charge is 2.16. The number of carbonyl (C=O) groups is 1. The van der Waals surface area contributed by atoms with Gasteiger partial charge in [-0.2, -0.15) is 9.78 Å². The van der Waals surface area contributed by atoms with Crippen molar-refractivity contribution in [1.82, 2.24) is 9.66 Å². The fourth-order valence-electron chi connectivity index (χ4n) is 3.04. The number of carboxylic acid groups (broad SMARTS) is 1. The molecule has 1 aromatic heterocycles. The average molecular weight is 502 g/mol. The van der Waals surface area contributed by atoms with Crippen molar-refractivity contribution in [3.05, 3.63) is 62.6 Å². The Bertz CT molecular complexity index is 1220. The molecule has 1 heterocycles. The van der Waals surface area contributed by atoms with E-state index in [1.807, 2.05) is 12.1 Å². The number of fused-ring (bicyclic) bond motifs is 1. The quantitative estimate of drug-likeness (QED) is 0.439. The number of hydrogen-bond acceptors (Lipinski definition) is 6. The first-order valence-electron chi connectivity index (χ1n) is 10.2. The third kappa shape index (κ3) is 5.34. The maximum Gasteiger partial charge on any atom is 0.344 e. The summed E-state index contributed by atoms with van der Waals surface area (Å²) in [5.74, 6) is 0.177. The van der Waals surface area contributed by atoms with Crippen molar-refractivity contribution in [3.63, 3.8) is 0 Å². The monoisotopic (exact) mass is 501 g/mol. The number of hydrogen-bond donors (Lipinski definition) is 1. The molecule has 9 heteroatoms. The SMILES string of the molecule is CCCCc1nc2ccc(Br)cc2c(=O)n1N=Cc1ccc(O[C@H](C)C(=O)O)c(OC)c1. The first kappa shape index (κ1) is 23.5. The minimum Gasteiger partial charge on any atom is -0.493 e. The Morgan fingerprint density at radius 1 is 1.28 bits per heavy atom. The molecule has 0 radical (unpaired) electrons. The van der Waals surface area contributed by atoms with Crippen LogP contribution in [0.15, 0.2) is 50.8 Å². The highest BCUT2D eigenvalue weighted by molar-refractivity contribution is 9.10. The summed E-state index contributed by atoms with van der Waals surface area (Å²) in [6, 6.07) is 10.4. The van der Waals surface area contributed by atoms with Gasteiger partial charge in [0.1, 0.15) is 5.82 Å². The molecule has 0 aliphatic carbocycles. The summed E-state index contributed by atoms with van der Waals surface area (Å²) in [6.07, 6.45) is 2.98. The van der Waals surface area contributed by atoms with E-state index >= 15 is 0 Å². The lowest BCUT2D eigenvalue weighted by atomic mass is 10.2. The molecule has 1 atom stereocenters. The van der Waals surface area contributed by atoms with Crippen LogP contribution in [-0.2, 0) is 11.2 Å². The molecular weight excluding hydrogens is 478 g/mol. The fourth-order valence-corrected chi connectivity index (χ4v) is 3.40. The Morgan fingerprint density at radius 3 is 2.75 bits per heavy atom. The molecule has 3 aromatic rings. The molecule has 0 saturated carbocycles. The second-order valence-electron chi connectivity index (χ2n) is 7.16. The number of aromatic nitrogens is 2. The van der Waals surface area contributed by atoms with Gasteiger partial charge in [0.15, 0.2) is 17.6 Å². The Kier molecular flexibility index (Phi) is 7.63. The van der Waals surface area contributed by atoms with E-state index in [1.165, 1.54) is 24.9 Å². The molecule has 0 spiro atoms. The van der Waals surface area contributed by atoms with Crippen LogP contribution in [-0.4, -0.2) is 40.2 Å². The predicted octanol–water partition coefficient (Wildman–Crippen LogP) is 4.24. The van der Waals surface area contributed by atoms with Crippen molar-refractivity contribution in [3.8, 4) is 11.5 Å². The van der Waals surface area contributed by atoms with E-state index in [-0.39, 0.29) is 5.56 Å². The maximum absolute atomic E-state index is 13.1. The van der Waals surface area contributed by atoms with Crippen LogP contribution in [0, 0.1) is 0 Å². The van der Waals surface area contributed by atoms with Gasteiger partial charge in [0.05, 0.1) is 24.2 Å². The summed E-state index contributed by atoms with van der Waals surface area (Å²) in [4.78, 5) is 28.8. The second kappa shape index (κ2) is 10.4. The minimum atomic E-state index is -1.08. The van der Waals surface area contributed by atoms with E-state index in [1.54, 1.807) is 24.3 Å². The maximum atomic E-state index is 13.1. The van der Waals surface area contributed by atoms with Gasteiger partial charge in [0, 0.05) is 10.9 Å². The van der Waals surface area contributed by atoms with E-state index < -0.39 is 12.1 Å². The Labute approximate surface area is 193 Å². The molecule has 168 valence electrons. The molecule has 3 rings (SSSR count). The molecule has 0 amide bonds. The molecule has 32 heavy (non-hydrogen) atoms. The topological polar surface area (TPSA) is 103 Å². The van der Waals surface area contributed by atoms with Crippen molar-refractivity contribution in [2.24, 2.45) is 5.10 Å². The lowest BCUT2D eigenvalue weighted by Crippen LogP contribution is -2.23. The highest BCUT2D eigenvalue weighted by Crippen LogP contribution is 2.28. The van der Waals surface area contributed by atoms with Gasteiger partial charge in [-0.25, -0.2) is 9.78 Å². The van der Waals surface area contributed by atoms with Crippen molar-refractivity contribution in [1.29, 1.82) is 0 Å². The van der Waals surface area contributed by atoms with Crippen molar-refractivity contribution >= 4 is 39.0 Å². The highest BCUT2D eigenvalue weighted by atomic mass is 79.9. The molecule has 0 aliphatic rings. The van der Waals surface area contributed by atoms with Crippen LogP contribution in [0.2, 0.25) is 0 Å². The summed E-state index contributed by atoms with van der Waals surface area (Å²) in [6.45, 7) is 3.51. The number of aryl methyl sites for hydroxylation is 1. The second-order valence-corrected chi connectivity index (χ2v) is 8.08. The first-order valence-corrected chi connectivity index (χ1v) is 11.0. The number of carboxylic acids is 1. The van der Waals surface area contributed by atoms with Gasteiger partial charge < -0.3 is 14.6 Å². The van der Waals surface area contributed by atoms with Gasteiger partial charge in [0.2, 0.25) is 0 Å². The van der Waals surface area contributed by atoms with E-state index in [2.05, 4.69) is 32.9 Å². The molecule has 0 fully saturated rings. The standard InChI is InChI=1S/C23H24BrN3O5/c1-4-5-6-21-26-18-9-8-16(24)12-17(18)22(28)27(21)25-13-15-7-10-19(20(11-15)31-3)32-14(2)23(29)30/h7-14H,4-6H2,1-3H3,(H,29,30)/t14-/m1/s1. The number of nitrogens with zero attached hydrogens (tertiary/aromatic N) is 3. The van der Waals surface area contributed by atoms with E-state index in [4.69, 9.17) is 14.6 Å². The third-order valence-corrected chi connectivity index (χ3v) is 5.28. The lowest BCUT2D eigenvalue weighted by Gasteiger charge is -2.14. The summed E-state index contributed by atoms with van der Waals surface area (Å²) in [5, 5.41) is 13.9. The summed E-state index contributed by atoms with van der Waals surface area (Å²) < 4.78 is 12.9.